The number of hydrogen-bond donors (Lipinski definition) is 1. The molecule has 3 rings (SSSR count). The third-order valence-electron chi connectivity index (χ3n) is 4.13. The fraction of sp³-hybridized carbons (Fsp3) is 0.438. The van der Waals surface area contributed by atoms with E-state index >= 15 is 0 Å². The van der Waals surface area contributed by atoms with Crippen molar-refractivity contribution in [2.24, 2.45) is 7.05 Å². The Labute approximate surface area is 134 Å². The third kappa shape index (κ3) is 3.20. The van der Waals surface area contributed by atoms with Gasteiger partial charge in [-0.15, -0.1) is 0 Å². The predicted molar refractivity (Wildman–Crippen MR) is 88.1 cm³/mol. The maximum absolute atomic E-state index is 4.54. The second-order valence-corrected chi connectivity index (χ2v) is 6.52. The zero-order valence-corrected chi connectivity index (χ0v) is 14.1. The van der Waals surface area contributed by atoms with E-state index in [9.17, 15) is 0 Å². The zero-order chi connectivity index (χ0) is 14.8. The maximum Gasteiger partial charge on any atom is 0.127 e. The molecule has 112 valence electrons. The summed E-state index contributed by atoms with van der Waals surface area (Å²) in [5.74, 6) is 1.13. The maximum atomic E-state index is 4.54. The van der Waals surface area contributed by atoms with Crippen molar-refractivity contribution in [3.63, 3.8) is 0 Å². The topological polar surface area (TPSA) is 33.1 Å². The fourth-order valence-corrected chi connectivity index (χ4v) is 3.28. The Hall–Kier alpha value is -1.17. The van der Waals surface area contributed by atoms with Crippen LogP contribution in [-0.2, 0) is 13.6 Å². The van der Waals surface area contributed by atoms with Crippen LogP contribution in [-0.4, -0.2) is 34.1 Å². The van der Waals surface area contributed by atoms with Crippen LogP contribution in [0.4, 0.5) is 0 Å². The van der Waals surface area contributed by atoms with Gasteiger partial charge in [0.2, 0.25) is 0 Å². The van der Waals surface area contributed by atoms with Gasteiger partial charge in [-0.1, -0.05) is 28.1 Å². The monoisotopic (exact) mass is 348 g/mol. The van der Waals surface area contributed by atoms with Crippen LogP contribution in [0.15, 0.2) is 35.1 Å². The van der Waals surface area contributed by atoms with Gasteiger partial charge < -0.3 is 9.88 Å². The van der Waals surface area contributed by atoms with Gasteiger partial charge >= 0.3 is 0 Å². The van der Waals surface area contributed by atoms with E-state index in [4.69, 9.17) is 0 Å². The van der Waals surface area contributed by atoms with Gasteiger partial charge in [0.1, 0.15) is 5.82 Å². The molecule has 21 heavy (non-hydrogen) atoms. The number of nitrogens with zero attached hydrogens (tertiary/aromatic N) is 3. The summed E-state index contributed by atoms with van der Waals surface area (Å²) < 4.78 is 3.30. The summed E-state index contributed by atoms with van der Waals surface area (Å²) in [5, 5.41) is 3.48. The number of rotatable bonds is 3. The Kier molecular flexibility index (Phi) is 4.42. The molecule has 1 aliphatic rings. The quantitative estimate of drug-likeness (QED) is 0.925. The number of aromatic nitrogens is 2. The first kappa shape index (κ1) is 14.8. The minimum atomic E-state index is 0.332. The number of halogens is 1. The van der Waals surface area contributed by atoms with Crippen molar-refractivity contribution in [1.82, 2.24) is 19.8 Å². The molecule has 0 bridgehead atoms. The highest BCUT2D eigenvalue weighted by Gasteiger charge is 2.26. The first-order valence-corrected chi connectivity index (χ1v) is 8.11. The van der Waals surface area contributed by atoms with Crippen LogP contribution in [0.2, 0.25) is 0 Å². The molecule has 1 saturated heterocycles. The lowest BCUT2D eigenvalue weighted by atomic mass is 10.1. The molecule has 1 aliphatic heterocycles. The molecule has 4 nitrogen and oxygen atoms in total. The lowest BCUT2D eigenvalue weighted by molar-refractivity contribution is 0.144. The summed E-state index contributed by atoms with van der Waals surface area (Å²) in [6, 6.07) is 6.96. The second-order valence-electron chi connectivity index (χ2n) is 5.67. The van der Waals surface area contributed by atoms with Crippen LogP contribution < -0.4 is 5.32 Å². The molecule has 5 heteroatoms. The van der Waals surface area contributed by atoms with E-state index in [0.717, 1.165) is 32.0 Å². The van der Waals surface area contributed by atoms with Gasteiger partial charge in [0.15, 0.2) is 0 Å². The number of aryl methyl sites for hydroxylation is 2. The Morgan fingerprint density at radius 3 is 3.00 bits per heavy atom. The summed E-state index contributed by atoms with van der Waals surface area (Å²) in [5.41, 5.74) is 2.62. The van der Waals surface area contributed by atoms with Crippen LogP contribution in [0, 0.1) is 6.92 Å². The summed E-state index contributed by atoms with van der Waals surface area (Å²) in [6.07, 6.45) is 3.90. The highest BCUT2D eigenvalue weighted by molar-refractivity contribution is 9.10. The van der Waals surface area contributed by atoms with Crippen LogP contribution >= 0.6 is 15.9 Å². The number of benzene rings is 1. The molecule has 1 N–H and O–H groups in total. The smallest absolute Gasteiger partial charge is 0.127 e. The number of piperazine rings is 1. The molecule has 0 radical (unpaired) electrons. The van der Waals surface area contributed by atoms with Gasteiger partial charge in [0.05, 0.1) is 6.04 Å². The van der Waals surface area contributed by atoms with Crippen molar-refractivity contribution in [2.45, 2.75) is 19.5 Å². The van der Waals surface area contributed by atoms with E-state index in [1.807, 2.05) is 12.4 Å². The second kappa shape index (κ2) is 6.30. The Balaban J connectivity index is 1.81. The van der Waals surface area contributed by atoms with Crippen molar-refractivity contribution in [3.8, 4) is 0 Å². The van der Waals surface area contributed by atoms with E-state index in [1.54, 1.807) is 0 Å². The minimum absolute atomic E-state index is 0.332. The van der Waals surface area contributed by atoms with Crippen molar-refractivity contribution < 1.29 is 0 Å². The van der Waals surface area contributed by atoms with E-state index in [2.05, 4.69) is 67.9 Å². The van der Waals surface area contributed by atoms with E-state index in [-0.39, 0.29) is 0 Å². The predicted octanol–water partition coefficient (Wildman–Crippen LogP) is 2.64. The highest BCUT2D eigenvalue weighted by Crippen LogP contribution is 2.24. The molecule has 0 amide bonds. The van der Waals surface area contributed by atoms with Crippen molar-refractivity contribution in [3.05, 3.63) is 52.0 Å². The van der Waals surface area contributed by atoms with Gasteiger partial charge in [-0.2, -0.15) is 0 Å². The first-order chi connectivity index (χ1) is 10.1. The van der Waals surface area contributed by atoms with Crippen LogP contribution in [0.3, 0.4) is 0 Å². The van der Waals surface area contributed by atoms with Crippen molar-refractivity contribution in [2.75, 3.05) is 19.6 Å². The molecular weight excluding hydrogens is 328 g/mol. The van der Waals surface area contributed by atoms with Gasteiger partial charge in [-0.3, -0.25) is 4.90 Å². The van der Waals surface area contributed by atoms with Gasteiger partial charge in [-0.25, -0.2) is 4.98 Å². The zero-order valence-electron chi connectivity index (χ0n) is 12.5. The molecule has 2 aromatic rings. The highest BCUT2D eigenvalue weighted by atomic mass is 79.9. The Morgan fingerprint density at radius 2 is 2.29 bits per heavy atom. The molecule has 1 aromatic carbocycles. The lowest BCUT2D eigenvalue weighted by Crippen LogP contribution is -2.46. The van der Waals surface area contributed by atoms with Crippen LogP contribution in [0.5, 0.6) is 0 Å². The SMILES string of the molecule is Cc1ccc(CN2CCNCC2c2nccn2C)cc1Br. The number of nitrogens with one attached hydrogen (secondary N) is 1. The average molecular weight is 349 g/mol. The lowest BCUT2D eigenvalue weighted by Gasteiger charge is -2.35. The van der Waals surface area contributed by atoms with E-state index in [1.165, 1.54) is 15.6 Å². The van der Waals surface area contributed by atoms with Gasteiger partial charge in [-0.05, 0) is 24.1 Å². The third-order valence-corrected chi connectivity index (χ3v) is 4.99. The van der Waals surface area contributed by atoms with Gasteiger partial charge in [0, 0.05) is 50.1 Å². The number of hydrogen-bond acceptors (Lipinski definition) is 3. The molecular formula is C16H21BrN4. The number of imidazole rings is 1. The average Bonchev–Trinajstić information content (AvgIpc) is 2.90. The van der Waals surface area contributed by atoms with Crippen LogP contribution in [0.1, 0.15) is 23.0 Å². The van der Waals surface area contributed by atoms with Crippen molar-refractivity contribution >= 4 is 15.9 Å². The molecule has 1 fully saturated rings. The largest absolute Gasteiger partial charge is 0.337 e. The Bertz CT molecular complexity index is 622. The summed E-state index contributed by atoms with van der Waals surface area (Å²) in [4.78, 5) is 7.04. The van der Waals surface area contributed by atoms with Crippen molar-refractivity contribution in [1.29, 1.82) is 0 Å². The van der Waals surface area contributed by atoms with Gasteiger partial charge in [0.25, 0.3) is 0 Å². The molecule has 0 saturated carbocycles. The molecule has 0 spiro atoms. The summed E-state index contributed by atoms with van der Waals surface area (Å²) in [6.45, 7) is 6.11. The fourth-order valence-electron chi connectivity index (χ4n) is 2.86. The normalized spacial score (nSPS) is 19.9. The minimum Gasteiger partial charge on any atom is -0.337 e. The molecule has 1 atom stereocenters. The first-order valence-electron chi connectivity index (χ1n) is 7.32. The molecule has 1 aromatic heterocycles. The molecule has 0 aliphatic carbocycles. The van der Waals surface area contributed by atoms with E-state index in [0.29, 0.717) is 6.04 Å². The molecule has 1 unspecified atom stereocenters. The van der Waals surface area contributed by atoms with E-state index < -0.39 is 0 Å². The summed E-state index contributed by atoms with van der Waals surface area (Å²) >= 11 is 3.63. The Morgan fingerprint density at radius 1 is 1.43 bits per heavy atom. The summed E-state index contributed by atoms with van der Waals surface area (Å²) in [7, 11) is 2.07. The molecule has 2 heterocycles. The standard InChI is InChI=1S/C16H21BrN4/c1-12-3-4-13(9-14(12)17)11-21-8-5-18-10-15(21)16-19-6-7-20(16)2/h3-4,6-7,9,15,18H,5,8,10-11H2,1-2H3. The van der Waals surface area contributed by atoms with Crippen LogP contribution in [0.25, 0.3) is 0 Å².